The quantitative estimate of drug-likeness (QED) is 0.903. The molecule has 2 rings (SSSR count). The molecule has 0 amide bonds. The second-order valence-corrected chi connectivity index (χ2v) is 5.79. The topological polar surface area (TPSA) is 43.8 Å². The summed E-state index contributed by atoms with van der Waals surface area (Å²) in [5.74, 6) is -0.904. The summed E-state index contributed by atoms with van der Waals surface area (Å²) in [5, 5.41) is 8.99. The van der Waals surface area contributed by atoms with Crippen LogP contribution in [0.4, 0.5) is 5.69 Å². The average molecular weight is 327 g/mol. The number of carboxylic acid groups (broad SMARTS) is 1. The van der Waals surface area contributed by atoms with Crippen molar-refractivity contribution in [1.29, 1.82) is 0 Å². The Kier molecular flexibility index (Phi) is 4.82. The maximum absolute atomic E-state index is 11.0. The van der Waals surface area contributed by atoms with Gasteiger partial charge in [0.1, 0.15) is 0 Å². The molecule has 0 spiro atoms. The van der Waals surface area contributed by atoms with Gasteiger partial charge in [0.2, 0.25) is 0 Å². The molecule has 0 atom stereocenters. The van der Waals surface area contributed by atoms with Crippen molar-refractivity contribution in [3.05, 3.63) is 28.2 Å². The lowest BCUT2D eigenvalue weighted by Crippen LogP contribution is -2.31. The highest BCUT2D eigenvalue weighted by Crippen LogP contribution is 2.23. The summed E-state index contributed by atoms with van der Waals surface area (Å²) in [6.07, 6.45) is 2.62. The molecule has 1 aromatic carbocycles. The van der Waals surface area contributed by atoms with Crippen LogP contribution in [0.2, 0.25) is 0 Å². The molecule has 5 heteroatoms. The highest BCUT2D eigenvalue weighted by molar-refractivity contribution is 9.10. The fourth-order valence-electron chi connectivity index (χ4n) is 2.34. The summed E-state index contributed by atoms with van der Waals surface area (Å²) < 4.78 is 0.630. The molecule has 0 aromatic heterocycles. The van der Waals surface area contributed by atoms with Gasteiger partial charge in [0.15, 0.2) is 0 Å². The number of nitrogens with zero attached hydrogens (tertiary/aromatic N) is 2. The van der Waals surface area contributed by atoms with Gasteiger partial charge in [-0.05, 0) is 60.1 Å². The van der Waals surface area contributed by atoms with Gasteiger partial charge < -0.3 is 14.9 Å². The summed E-state index contributed by atoms with van der Waals surface area (Å²) >= 11 is 3.32. The van der Waals surface area contributed by atoms with Crippen LogP contribution in [-0.4, -0.2) is 49.2 Å². The molecule has 1 heterocycles. The van der Waals surface area contributed by atoms with Crippen LogP contribution >= 0.6 is 15.9 Å². The second kappa shape index (κ2) is 6.39. The first kappa shape index (κ1) is 14.3. The third kappa shape index (κ3) is 3.70. The Balaban J connectivity index is 1.96. The summed E-state index contributed by atoms with van der Waals surface area (Å²) in [6, 6.07) is 5.37. The van der Waals surface area contributed by atoms with Gasteiger partial charge in [0.25, 0.3) is 0 Å². The molecular weight excluding hydrogens is 308 g/mol. The number of carbonyl (C=O) groups is 1. The Morgan fingerprint density at radius 2 is 2.11 bits per heavy atom. The van der Waals surface area contributed by atoms with Gasteiger partial charge in [-0.1, -0.05) is 0 Å². The van der Waals surface area contributed by atoms with Crippen LogP contribution in [0.15, 0.2) is 22.7 Å². The van der Waals surface area contributed by atoms with E-state index in [4.69, 9.17) is 5.11 Å². The van der Waals surface area contributed by atoms with Crippen molar-refractivity contribution in [2.45, 2.75) is 12.8 Å². The van der Waals surface area contributed by atoms with Crippen LogP contribution in [0, 0.1) is 0 Å². The monoisotopic (exact) mass is 326 g/mol. The number of benzene rings is 1. The van der Waals surface area contributed by atoms with Crippen molar-refractivity contribution in [1.82, 2.24) is 4.90 Å². The van der Waals surface area contributed by atoms with Crippen LogP contribution in [0.25, 0.3) is 0 Å². The van der Waals surface area contributed by atoms with E-state index in [9.17, 15) is 4.79 Å². The van der Waals surface area contributed by atoms with Gasteiger partial charge >= 0.3 is 5.97 Å². The first-order valence-electron chi connectivity index (χ1n) is 6.54. The van der Waals surface area contributed by atoms with Crippen molar-refractivity contribution in [2.75, 3.05) is 38.1 Å². The lowest BCUT2D eigenvalue weighted by Gasteiger charge is -2.23. The molecule has 4 nitrogen and oxygen atoms in total. The molecule has 1 fully saturated rings. The minimum Gasteiger partial charge on any atom is -0.478 e. The lowest BCUT2D eigenvalue weighted by atomic mass is 10.2. The molecule has 1 aliphatic rings. The third-order valence-corrected chi connectivity index (χ3v) is 4.23. The standard InChI is InChI=1S/C14H19BrN2O2/c1-16(8-9-17-6-2-3-7-17)11-4-5-12(14(18)19)13(15)10-11/h4-5,10H,2-3,6-9H2,1H3,(H,18,19). The smallest absolute Gasteiger partial charge is 0.336 e. The van der Waals surface area contributed by atoms with E-state index < -0.39 is 5.97 Å². The van der Waals surface area contributed by atoms with Gasteiger partial charge in [-0.2, -0.15) is 0 Å². The molecule has 0 aliphatic carbocycles. The van der Waals surface area contributed by atoms with Crippen LogP contribution < -0.4 is 4.90 Å². The lowest BCUT2D eigenvalue weighted by molar-refractivity contribution is 0.0696. The molecule has 19 heavy (non-hydrogen) atoms. The van der Waals surface area contributed by atoms with E-state index >= 15 is 0 Å². The van der Waals surface area contributed by atoms with Crippen LogP contribution in [0.3, 0.4) is 0 Å². The Hall–Kier alpha value is -1.07. The molecule has 1 saturated heterocycles. The Morgan fingerprint density at radius 3 is 2.68 bits per heavy atom. The minimum absolute atomic E-state index is 0.302. The number of anilines is 1. The van der Waals surface area contributed by atoms with Crippen molar-refractivity contribution in [3.63, 3.8) is 0 Å². The molecule has 104 valence electrons. The maximum Gasteiger partial charge on any atom is 0.336 e. The Labute approximate surface area is 122 Å². The second-order valence-electron chi connectivity index (χ2n) is 4.94. The SMILES string of the molecule is CN(CCN1CCCC1)c1ccc(C(=O)O)c(Br)c1. The van der Waals surface area contributed by atoms with E-state index in [1.165, 1.54) is 25.9 Å². The van der Waals surface area contributed by atoms with Gasteiger partial charge in [0.05, 0.1) is 5.56 Å². The minimum atomic E-state index is -0.904. The number of likely N-dealkylation sites (tertiary alicyclic amines) is 1. The maximum atomic E-state index is 11.0. The predicted molar refractivity (Wildman–Crippen MR) is 80.0 cm³/mol. The highest BCUT2D eigenvalue weighted by Gasteiger charge is 2.13. The molecule has 1 aliphatic heterocycles. The van der Waals surface area contributed by atoms with Gasteiger partial charge in [-0.3, -0.25) is 0 Å². The first-order valence-corrected chi connectivity index (χ1v) is 7.33. The van der Waals surface area contributed by atoms with Gasteiger partial charge in [-0.25, -0.2) is 4.79 Å². The molecular formula is C14H19BrN2O2. The number of rotatable bonds is 5. The number of hydrogen-bond donors (Lipinski definition) is 1. The number of hydrogen-bond acceptors (Lipinski definition) is 3. The largest absolute Gasteiger partial charge is 0.478 e. The number of carboxylic acids is 1. The summed E-state index contributed by atoms with van der Waals surface area (Å²) in [6.45, 7) is 4.43. The molecule has 1 aromatic rings. The predicted octanol–water partition coefficient (Wildman–Crippen LogP) is 2.68. The van der Waals surface area contributed by atoms with E-state index in [0.29, 0.717) is 10.0 Å². The third-order valence-electron chi connectivity index (χ3n) is 3.57. The fraction of sp³-hybridized carbons (Fsp3) is 0.500. The zero-order valence-electron chi connectivity index (χ0n) is 11.1. The molecule has 0 radical (unpaired) electrons. The van der Waals surface area contributed by atoms with Crippen molar-refractivity contribution in [3.8, 4) is 0 Å². The molecule has 0 bridgehead atoms. The highest BCUT2D eigenvalue weighted by atomic mass is 79.9. The molecule has 0 unspecified atom stereocenters. The van der Waals surface area contributed by atoms with Gasteiger partial charge in [0, 0.05) is 30.3 Å². The fourth-order valence-corrected chi connectivity index (χ4v) is 2.88. The molecule has 1 N–H and O–H groups in total. The van der Waals surface area contributed by atoms with Crippen LogP contribution in [-0.2, 0) is 0 Å². The van der Waals surface area contributed by atoms with E-state index in [1.54, 1.807) is 6.07 Å². The molecule has 0 saturated carbocycles. The summed E-state index contributed by atoms with van der Waals surface area (Å²) in [4.78, 5) is 15.6. The van der Waals surface area contributed by atoms with Gasteiger partial charge in [-0.15, -0.1) is 0 Å². The number of likely N-dealkylation sites (N-methyl/N-ethyl adjacent to an activating group) is 1. The zero-order chi connectivity index (χ0) is 13.8. The number of halogens is 1. The van der Waals surface area contributed by atoms with E-state index in [-0.39, 0.29) is 0 Å². The summed E-state index contributed by atoms with van der Waals surface area (Å²) in [7, 11) is 2.04. The normalized spacial score (nSPS) is 15.7. The van der Waals surface area contributed by atoms with E-state index in [1.807, 2.05) is 19.2 Å². The van der Waals surface area contributed by atoms with E-state index in [2.05, 4.69) is 25.7 Å². The Morgan fingerprint density at radius 1 is 1.42 bits per heavy atom. The van der Waals surface area contributed by atoms with Crippen molar-refractivity contribution >= 4 is 27.6 Å². The van der Waals surface area contributed by atoms with Crippen LogP contribution in [0.1, 0.15) is 23.2 Å². The van der Waals surface area contributed by atoms with Crippen LogP contribution in [0.5, 0.6) is 0 Å². The average Bonchev–Trinajstić information content (AvgIpc) is 2.88. The summed E-state index contributed by atoms with van der Waals surface area (Å²) in [5.41, 5.74) is 1.34. The Bertz CT molecular complexity index is 459. The van der Waals surface area contributed by atoms with Crippen molar-refractivity contribution in [2.24, 2.45) is 0 Å². The van der Waals surface area contributed by atoms with E-state index in [0.717, 1.165) is 18.8 Å². The zero-order valence-corrected chi connectivity index (χ0v) is 12.7. The number of aromatic carboxylic acids is 1. The van der Waals surface area contributed by atoms with Crippen molar-refractivity contribution < 1.29 is 9.90 Å². The first-order chi connectivity index (χ1) is 9.08.